The summed E-state index contributed by atoms with van der Waals surface area (Å²) in [6.07, 6.45) is 0. The highest BCUT2D eigenvalue weighted by Gasteiger charge is 2.16. The maximum Gasteiger partial charge on any atom is 0.338 e. The smallest absolute Gasteiger partial charge is 0.338 e. The molecule has 2 aliphatic rings. The molecule has 0 saturated heterocycles. The largest absolute Gasteiger partial charge is 0.462 e. The van der Waals surface area contributed by atoms with Gasteiger partial charge in [0.05, 0.1) is 12.2 Å². The first-order chi connectivity index (χ1) is 8.24. The second-order valence-electron chi connectivity index (χ2n) is 3.73. The summed E-state index contributed by atoms with van der Waals surface area (Å²) in [5.41, 5.74) is 3.37. The fraction of sp³-hybridized carbons (Fsp3) is 0.133. The van der Waals surface area contributed by atoms with Crippen molar-refractivity contribution in [1.82, 2.24) is 0 Å². The van der Waals surface area contributed by atoms with Gasteiger partial charge in [0, 0.05) is 0 Å². The Kier molecular flexibility index (Phi) is 3.24. The molecule has 2 rings (SSSR count). The van der Waals surface area contributed by atoms with Gasteiger partial charge in [-0.1, -0.05) is 49.0 Å². The third-order valence-electron chi connectivity index (χ3n) is 2.64. The van der Waals surface area contributed by atoms with Gasteiger partial charge in [-0.15, -0.1) is 0 Å². The van der Waals surface area contributed by atoms with Crippen molar-refractivity contribution >= 4 is 11.5 Å². The highest BCUT2D eigenvalue weighted by molar-refractivity contribution is 6.17. The quantitative estimate of drug-likeness (QED) is 0.592. The number of esters is 1. The molecular formula is C15H14O2. The van der Waals surface area contributed by atoms with Gasteiger partial charge >= 0.3 is 5.97 Å². The minimum Gasteiger partial charge on any atom is -0.462 e. The second-order valence-corrected chi connectivity index (χ2v) is 3.73. The Morgan fingerprint density at radius 2 is 1.94 bits per heavy atom. The number of fused-ring (bicyclic) bond motifs is 1. The topological polar surface area (TPSA) is 26.3 Å². The SMILES string of the molecule is C=C(C(=O)OCC)c1ccc2cccccc1-2. The van der Waals surface area contributed by atoms with Gasteiger partial charge in [-0.05, 0) is 23.6 Å². The lowest BCUT2D eigenvalue weighted by atomic mass is 10.0. The molecule has 0 aromatic carbocycles. The molecule has 86 valence electrons. The van der Waals surface area contributed by atoms with Crippen LogP contribution in [0.4, 0.5) is 0 Å². The normalized spacial score (nSPS) is 10.2. The standard InChI is InChI=1S/C15H14O2/c1-3-17-15(16)11(2)13-10-9-12-7-5-4-6-8-14(12)13/h4-10H,2-3H2,1H3. The Morgan fingerprint density at radius 1 is 1.18 bits per heavy atom. The number of hydrogen-bond donors (Lipinski definition) is 0. The first kappa shape index (κ1) is 11.4. The van der Waals surface area contributed by atoms with Crippen molar-refractivity contribution in [1.29, 1.82) is 0 Å². The summed E-state index contributed by atoms with van der Waals surface area (Å²) in [6, 6.07) is 13.8. The monoisotopic (exact) mass is 226 g/mol. The van der Waals surface area contributed by atoms with Gasteiger partial charge in [-0.2, -0.15) is 0 Å². The predicted octanol–water partition coefficient (Wildman–Crippen LogP) is 3.37. The zero-order valence-corrected chi connectivity index (χ0v) is 9.77. The molecular weight excluding hydrogens is 212 g/mol. The van der Waals surface area contributed by atoms with E-state index in [-0.39, 0.29) is 5.97 Å². The minimum atomic E-state index is -0.355. The van der Waals surface area contributed by atoms with Crippen LogP contribution in [0.1, 0.15) is 12.5 Å². The fourth-order valence-electron chi connectivity index (χ4n) is 1.81. The predicted molar refractivity (Wildman–Crippen MR) is 68.7 cm³/mol. The lowest BCUT2D eigenvalue weighted by Crippen LogP contribution is -2.05. The van der Waals surface area contributed by atoms with E-state index >= 15 is 0 Å². The molecule has 0 saturated carbocycles. The summed E-state index contributed by atoms with van der Waals surface area (Å²) in [6.45, 7) is 5.96. The Balaban J connectivity index is 2.39. The number of rotatable bonds is 3. The minimum absolute atomic E-state index is 0.355. The third-order valence-corrected chi connectivity index (χ3v) is 2.64. The van der Waals surface area contributed by atoms with Gasteiger partial charge in [0.15, 0.2) is 0 Å². The van der Waals surface area contributed by atoms with Gasteiger partial charge in [0.1, 0.15) is 0 Å². The number of hydrogen-bond acceptors (Lipinski definition) is 2. The van der Waals surface area contributed by atoms with Crippen LogP contribution in [0.25, 0.3) is 16.7 Å². The van der Waals surface area contributed by atoms with Crippen molar-refractivity contribution < 1.29 is 9.53 Å². The van der Waals surface area contributed by atoms with Crippen LogP contribution in [0.3, 0.4) is 0 Å². The third kappa shape index (κ3) is 2.21. The molecule has 2 nitrogen and oxygen atoms in total. The molecule has 0 amide bonds. The lowest BCUT2D eigenvalue weighted by Gasteiger charge is -2.05. The van der Waals surface area contributed by atoms with Crippen LogP contribution in [0, 0.1) is 0 Å². The number of ether oxygens (including phenoxy) is 1. The highest BCUT2D eigenvalue weighted by atomic mass is 16.5. The van der Waals surface area contributed by atoms with Crippen LogP contribution in [-0.2, 0) is 9.53 Å². The van der Waals surface area contributed by atoms with E-state index in [9.17, 15) is 4.79 Å². The summed E-state index contributed by atoms with van der Waals surface area (Å²) in [5, 5.41) is 0. The van der Waals surface area contributed by atoms with Crippen molar-refractivity contribution in [3.8, 4) is 11.1 Å². The zero-order chi connectivity index (χ0) is 12.3. The van der Waals surface area contributed by atoms with Crippen LogP contribution in [-0.4, -0.2) is 12.6 Å². The van der Waals surface area contributed by atoms with Crippen LogP contribution >= 0.6 is 0 Å². The average molecular weight is 226 g/mol. The second kappa shape index (κ2) is 4.83. The molecule has 2 heteroatoms. The Morgan fingerprint density at radius 3 is 2.71 bits per heavy atom. The van der Waals surface area contributed by atoms with E-state index in [0.29, 0.717) is 12.2 Å². The van der Waals surface area contributed by atoms with E-state index in [1.807, 2.05) is 42.5 Å². The van der Waals surface area contributed by atoms with Gasteiger partial charge in [0.25, 0.3) is 0 Å². The molecule has 0 spiro atoms. The maximum atomic E-state index is 11.6. The Hall–Kier alpha value is -2.09. The molecule has 0 heterocycles. The van der Waals surface area contributed by atoms with Crippen molar-refractivity contribution in [2.75, 3.05) is 6.61 Å². The summed E-state index contributed by atoms with van der Waals surface area (Å²) < 4.78 is 4.96. The summed E-state index contributed by atoms with van der Waals surface area (Å²) >= 11 is 0. The maximum absolute atomic E-state index is 11.6. The van der Waals surface area contributed by atoms with E-state index < -0.39 is 0 Å². The lowest BCUT2D eigenvalue weighted by molar-refractivity contribution is -0.136. The van der Waals surface area contributed by atoms with Crippen molar-refractivity contribution in [2.24, 2.45) is 0 Å². The number of carbonyl (C=O) groups is 1. The Bertz CT molecular complexity index is 528. The number of carbonyl (C=O) groups excluding carboxylic acids is 1. The van der Waals surface area contributed by atoms with Gasteiger partial charge in [-0.3, -0.25) is 0 Å². The molecule has 0 radical (unpaired) electrons. The molecule has 0 N–H and O–H groups in total. The first-order valence-corrected chi connectivity index (χ1v) is 5.58. The molecule has 2 aliphatic carbocycles. The van der Waals surface area contributed by atoms with E-state index in [1.165, 1.54) is 0 Å². The molecule has 0 atom stereocenters. The van der Waals surface area contributed by atoms with E-state index in [1.54, 1.807) is 6.92 Å². The molecule has 0 fully saturated rings. The van der Waals surface area contributed by atoms with Crippen LogP contribution in [0.5, 0.6) is 0 Å². The Labute approximate surface area is 101 Å². The molecule has 0 aromatic rings. The van der Waals surface area contributed by atoms with Gasteiger partial charge in [-0.25, -0.2) is 4.79 Å². The van der Waals surface area contributed by atoms with E-state index in [0.717, 1.165) is 16.7 Å². The van der Waals surface area contributed by atoms with Crippen LogP contribution in [0.15, 0.2) is 49.0 Å². The molecule has 17 heavy (non-hydrogen) atoms. The highest BCUT2D eigenvalue weighted by Crippen LogP contribution is 2.31. The van der Waals surface area contributed by atoms with Gasteiger partial charge < -0.3 is 4.74 Å². The summed E-state index contributed by atoms with van der Waals surface area (Å²) in [4.78, 5) is 11.6. The molecule has 0 unspecified atom stereocenters. The molecule has 0 bridgehead atoms. The van der Waals surface area contributed by atoms with Crippen LogP contribution in [0.2, 0.25) is 0 Å². The molecule has 0 aromatic heterocycles. The first-order valence-electron chi connectivity index (χ1n) is 5.58. The summed E-state index contributed by atoms with van der Waals surface area (Å²) in [5.74, 6) is -0.355. The van der Waals surface area contributed by atoms with Crippen molar-refractivity contribution in [3.05, 3.63) is 54.6 Å². The van der Waals surface area contributed by atoms with E-state index in [4.69, 9.17) is 4.74 Å². The van der Waals surface area contributed by atoms with E-state index in [2.05, 4.69) is 6.58 Å². The summed E-state index contributed by atoms with van der Waals surface area (Å²) in [7, 11) is 0. The van der Waals surface area contributed by atoms with Crippen LogP contribution < -0.4 is 0 Å². The average Bonchev–Trinajstić information content (AvgIpc) is 2.57. The van der Waals surface area contributed by atoms with Crippen molar-refractivity contribution in [3.63, 3.8) is 0 Å². The van der Waals surface area contributed by atoms with Crippen molar-refractivity contribution in [2.45, 2.75) is 6.92 Å². The van der Waals surface area contributed by atoms with Gasteiger partial charge in [0.2, 0.25) is 0 Å². The zero-order valence-electron chi connectivity index (χ0n) is 9.77. The molecule has 0 aliphatic heterocycles. The fourth-order valence-corrected chi connectivity index (χ4v) is 1.81.